The fraction of sp³-hybridized carbons (Fsp3) is 0.150. The van der Waals surface area contributed by atoms with Crippen LogP contribution in [0.4, 0.5) is 11.4 Å². The normalized spacial score (nSPS) is 11.1. The van der Waals surface area contributed by atoms with Crippen LogP contribution in [0.15, 0.2) is 70.3 Å². The summed E-state index contributed by atoms with van der Waals surface area (Å²) < 4.78 is 27.2. The molecule has 0 aliphatic rings. The van der Waals surface area contributed by atoms with Gasteiger partial charge in [-0.3, -0.25) is 9.52 Å². The maximum atomic E-state index is 12.4. The van der Waals surface area contributed by atoms with Crippen molar-refractivity contribution in [3.05, 3.63) is 77.2 Å². The average Bonchev–Trinajstić information content (AvgIpc) is 3.20. The van der Waals surface area contributed by atoms with Gasteiger partial charge in [-0.1, -0.05) is 31.5 Å². The summed E-state index contributed by atoms with van der Waals surface area (Å²) in [6.45, 7) is 2.12. The van der Waals surface area contributed by atoms with Crippen LogP contribution in [-0.2, 0) is 16.4 Å². The van der Waals surface area contributed by atoms with Gasteiger partial charge in [-0.15, -0.1) is 11.3 Å². The number of thiophene rings is 1. The molecule has 0 spiro atoms. The first kappa shape index (κ1) is 19.1. The van der Waals surface area contributed by atoms with Crippen LogP contribution >= 0.6 is 11.3 Å². The van der Waals surface area contributed by atoms with E-state index >= 15 is 0 Å². The van der Waals surface area contributed by atoms with Crippen molar-refractivity contribution in [3.8, 4) is 0 Å². The third-order valence-corrected chi connectivity index (χ3v) is 6.69. The van der Waals surface area contributed by atoms with E-state index in [-0.39, 0.29) is 10.1 Å². The standard InChI is InChI=1S/C20H20N2O3S2/c1-2-4-15-6-10-17(11-7-15)21-20(23)16-8-12-18(13-9-16)22-27(24,25)19-5-3-14-26-19/h3,5-14,22H,2,4H2,1H3,(H,21,23). The van der Waals surface area contributed by atoms with E-state index in [0.717, 1.165) is 29.9 Å². The molecule has 1 aromatic heterocycles. The molecule has 0 fully saturated rings. The summed E-state index contributed by atoms with van der Waals surface area (Å²) >= 11 is 1.15. The zero-order valence-electron chi connectivity index (χ0n) is 14.8. The first-order chi connectivity index (χ1) is 13.0. The minimum absolute atomic E-state index is 0.245. The summed E-state index contributed by atoms with van der Waals surface area (Å²) in [5.41, 5.74) is 2.82. The highest BCUT2D eigenvalue weighted by Gasteiger charge is 2.15. The number of aryl methyl sites for hydroxylation is 1. The monoisotopic (exact) mass is 400 g/mol. The molecule has 0 atom stereocenters. The molecule has 0 bridgehead atoms. The molecule has 1 heterocycles. The SMILES string of the molecule is CCCc1ccc(NC(=O)c2ccc(NS(=O)(=O)c3cccs3)cc2)cc1. The molecule has 3 rings (SSSR count). The summed E-state index contributed by atoms with van der Waals surface area (Å²) in [6.07, 6.45) is 2.09. The molecular formula is C20H20N2O3S2. The maximum absolute atomic E-state index is 12.4. The molecule has 2 N–H and O–H groups in total. The number of benzene rings is 2. The molecule has 3 aromatic rings. The van der Waals surface area contributed by atoms with Gasteiger partial charge in [-0.25, -0.2) is 8.42 Å². The number of rotatable bonds is 7. The summed E-state index contributed by atoms with van der Waals surface area (Å²) in [5.74, 6) is -0.245. The third kappa shape index (κ3) is 4.96. The molecule has 0 saturated heterocycles. The van der Waals surface area contributed by atoms with Crippen LogP contribution in [-0.4, -0.2) is 14.3 Å². The molecule has 1 amide bonds. The van der Waals surface area contributed by atoms with E-state index in [1.807, 2.05) is 24.3 Å². The first-order valence-corrected chi connectivity index (χ1v) is 10.9. The molecular weight excluding hydrogens is 380 g/mol. The molecule has 0 saturated carbocycles. The second kappa shape index (κ2) is 8.37. The molecule has 2 aromatic carbocycles. The molecule has 0 radical (unpaired) electrons. The summed E-state index contributed by atoms with van der Waals surface area (Å²) in [5, 5.41) is 4.55. The summed E-state index contributed by atoms with van der Waals surface area (Å²) in [7, 11) is -3.59. The Hall–Kier alpha value is -2.64. The first-order valence-electron chi connectivity index (χ1n) is 8.54. The van der Waals surface area contributed by atoms with Crippen molar-refractivity contribution >= 4 is 38.6 Å². The second-order valence-corrected chi connectivity index (χ2v) is 8.87. The predicted molar refractivity (Wildman–Crippen MR) is 110 cm³/mol. The lowest BCUT2D eigenvalue weighted by Crippen LogP contribution is -2.13. The van der Waals surface area contributed by atoms with Gasteiger partial charge in [0.2, 0.25) is 0 Å². The second-order valence-electron chi connectivity index (χ2n) is 6.02. The minimum Gasteiger partial charge on any atom is -0.322 e. The van der Waals surface area contributed by atoms with Gasteiger partial charge in [0, 0.05) is 16.9 Å². The van der Waals surface area contributed by atoms with Crippen molar-refractivity contribution in [3.63, 3.8) is 0 Å². The third-order valence-electron chi connectivity index (χ3n) is 3.91. The van der Waals surface area contributed by atoms with Gasteiger partial charge >= 0.3 is 0 Å². The van der Waals surface area contributed by atoms with Gasteiger partial charge < -0.3 is 5.32 Å². The highest BCUT2D eigenvalue weighted by molar-refractivity contribution is 7.94. The molecule has 140 valence electrons. The van der Waals surface area contributed by atoms with E-state index in [1.165, 1.54) is 5.56 Å². The molecule has 7 heteroatoms. The van der Waals surface area contributed by atoms with Crippen molar-refractivity contribution in [2.45, 2.75) is 24.0 Å². The van der Waals surface area contributed by atoms with Crippen LogP contribution in [0.2, 0.25) is 0 Å². The largest absolute Gasteiger partial charge is 0.322 e. The number of amides is 1. The Kier molecular flexibility index (Phi) is 5.93. The Bertz CT molecular complexity index is 994. The Balaban J connectivity index is 1.65. The fourth-order valence-corrected chi connectivity index (χ4v) is 4.61. The predicted octanol–water partition coefficient (Wildman–Crippen LogP) is 4.75. The number of hydrogen-bond acceptors (Lipinski definition) is 4. The van der Waals surface area contributed by atoms with Gasteiger partial charge in [0.05, 0.1) is 0 Å². The quantitative estimate of drug-likeness (QED) is 0.601. The Morgan fingerprint density at radius 2 is 1.63 bits per heavy atom. The van der Waals surface area contributed by atoms with E-state index < -0.39 is 10.0 Å². The number of sulfonamides is 1. The highest BCUT2D eigenvalue weighted by Crippen LogP contribution is 2.21. The van der Waals surface area contributed by atoms with Crippen LogP contribution < -0.4 is 10.0 Å². The lowest BCUT2D eigenvalue weighted by atomic mass is 10.1. The van der Waals surface area contributed by atoms with Crippen LogP contribution in [0.5, 0.6) is 0 Å². The highest BCUT2D eigenvalue weighted by atomic mass is 32.2. The minimum atomic E-state index is -3.59. The van der Waals surface area contributed by atoms with Crippen LogP contribution in [0.1, 0.15) is 29.3 Å². The number of carbonyl (C=O) groups is 1. The van der Waals surface area contributed by atoms with Crippen molar-refractivity contribution in [2.24, 2.45) is 0 Å². The number of carbonyl (C=O) groups excluding carboxylic acids is 1. The van der Waals surface area contributed by atoms with Crippen molar-refractivity contribution in [2.75, 3.05) is 10.0 Å². The fourth-order valence-electron chi connectivity index (χ4n) is 2.56. The van der Waals surface area contributed by atoms with Crippen LogP contribution in [0, 0.1) is 0 Å². The lowest BCUT2D eigenvalue weighted by molar-refractivity contribution is 0.102. The van der Waals surface area contributed by atoms with Crippen molar-refractivity contribution in [1.82, 2.24) is 0 Å². The van der Waals surface area contributed by atoms with Gasteiger partial charge in [-0.05, 0) is 59.8 Å². The Morgan fingerprint density at radius 1 is 0.963 bits per heavy atom. The van der Waals surface area contributed by atoms with Crippen LogP contribution in [0.3, 0.4) is 0 Å². The number of anilines is 2. The smallest absolute Gasteiger partial charge is 0.271 e. The Labute approximate surface area is 163 Å². The molecule has 0 aliphatic heterocycles. The van der Waals surface area contributed by atoms with Crippen molar-refractivity contribution in [1.29, 1.82) is 0 Å². The lowest BCUT2D eigenvalue weighted by Gasteiger charge is -2.09. The van der Waals surface area contributed by atoms with Gasteiger partial charge in [0.15, 0.2) is 0 Å². The zero-order valence-corrected chi connectivity index (χ0v) is 16.4. The zero-order chi connectivity index (χ0) is 19.3. The molecule has 0 aliphatic carbocycles. The molecule has 0 unspecified atom stereocenters. The number of nitrogens with one attached hydrogen (secondary N) is 2. The molecule has 27 heavy (non-hydrogen) atoms. The van der Waals surface area contributed by atoms with E-state index in [0.29, 0.717) is 11.3 Å². The topological polar surface area (TPSA) is 75.3 Å². The van der Waals surface area contributed by atoms with E-state index in [9.17, 15) is 13.2 Å². The summed E-state index contributed by atoms with van der Waals surface area (Å²) in [4.78, 5) is 12.4. The van der Waals surface area contributed by atoms with E-state index in [4.69, 9.17) is 0 Å². The van der Waals surface area contributed by atoms with Gasteiger partial charge in [-0.2, -0.15) is 0 Å². The maximum Gasteiger partial charge on any atom is 0.271 e. The number of hydrogen-bond donors (Lipinski definition) is 2. The van der Waals surface area contributed by atoms with Crippen molar-refractivity contribution < 1.29 is 13.2 Å². The van der Waals surface area contributed by atoms with Crippen LogP contribution in [0.25, 0.3) is 0 Å². The van der Waals surface area contributed by atoms with Gasteiger partial charge in [0.25, 0.3) is 15.9 Å². The van der Waals surface area contributed by atoms with Gasteiger partial charge in [0.1, 0.15) is 4.21 Å². The average molecular weight is 401 g/mol. The van der Waals surface area contributed by atoms with E-state index in [2.05, 4.69) is 17.0 Å². The molecule has 5 nitrogen and oxygen atoms in total. The van der Waals surface area contributed by atoms with E-state index in [1.54, 1.807) is 41.8 Å². The Morgan fingerprint density at radius 3 is 2.22 bits per heavy atom. The summed E-state index contributed by atoms with van der Waals surface area (Å²) in [6, 6.07) is 17.3.